The largest absolute Gasteiger partial charge is 0.494 e. The van der Waals surface area contributed by atoms with Gasteiger partial charge in [0.05, 0.1) is 45.1 Å². The molecule has 4 heterocycles. The lowest BCUT2D eigenvalue weighted by Crippen LogP contribution is -1.99. The van der Waals surface area contributed by atoms with E-state index in [1.807, 2.05) is 84.9 Å². The van der Waals surface area contributed by atoms with Gasteiger partial charge in [-0.3, -0.25) is 9.59 Å². The molecule has 2 amide bonds. The molecule has 2 aliphatic rings. The van der Waals surface area contributed by atoms with Crippen molar-refractivity contribution in [3.63, 3.8) is 0 Å². The number of halogens is 2. The molecule has 280 valence electrons. The van der Waals surface area contributed by atoms with E-state index in [1.54, 1.807) is 48.5 Å². The van der Waals surface area contributed by atoms with Gasteiger partial charge in [0, 0.05) is 21.2 Å². The molecule has 58 heavy (non-hydrogen) atoms. The van der Waals surface area contributed by atoms with Crippen LogP contribution in [0.4, 0.5) is 0 Å². The van der Waals surface area contributed by atoms with E-state index < -0.39 is 5.91 Å². The Balaban J connectivity index is 0.000000160. The van der Waals surface area contributed by atoms with E-state index in [2.05, 4.69) is 44.2 Å². The summed E-state index contributed by atoms with van der Waals surface area (Å²) in [6.07, 6.45) is 0. The number of amides is 2. The average Bonchev–Trinajstić information content (AvgIpc) is 4.00. The van der Waals surface area contributed by atoms with Gasteiger partial charge in [-0.1, -0.05) is 157 Å². The third kappa shape index (κ3) is 6.70. The first kappa shape index (κ1) is 36.4. The van der Waals surface area contributed by atoms with E-state index in [4.69, 9.17) is 23.2 Å². The minimum atomic E-state index is -0.392. The number of H-pyrrole nitrogens is 2. The van der Waals surface area contributed by atoms with Crippen LogP contribution in [-0.4, -0.2) is 43.4 Å². The maximum atomic E-state index is 12.9. The number of nitrogens with zero attached hydrogens (tertiary/aromatic N) is 2. The zero-order valence-corrected chi connectivity index (χ0v) is 31.9. The summed E-state index contributed by atoms with van der Waals surface area (Å²) in [5, 5.41) is 22.3. The Kier molecular flexibility index (Phi) is 9.41. The normalized spacial score (nSPS) is 12.7. The van der Waals surface area contributed by atoms with Gasteiger partial charge in [0.1, 0.15) is 0 Å². The van der Waals surface area contributed by atoms with Crippen molar-refractivity contribution in [2.24, 2.45) is 9.98 Å². The molecule has 0 saturated carbocycles. The monoisotopic (exact) mass is 796 g/mol. The van der Waals surface area contributed by atoms with Gasteiger partial charge in [-0.2, -0.15) is 0 Å². The summed E-state index contributed by atoms with van der Waals surface area (Å²) in [7, 11) is 0. The van der Waals surface area contributed by atoms with Crippen LogP contribution in [0.15, 0.2) is 168 Å². The number of aliphatic imine (C=N–C) groups is 2. The summed E-state index contributed by atoms with van der Waals surface area (Å²) in [5.74, 6) is -0.879. The van der Waals surface area contributed by atoms with Crippen LogP contribution in [0.25, 0.3) is 44.8 Å². The molecule has 2 aromatic heterocycles. The van der Waals surface area contributed by atoms with Gasteiger partial charge in [-0.15, -0.1) is 0 Å². The van der Waals surface area contributed by atoms with Crippen LogP contribution in [0.1, 0.15) is 43.0 Å². The molecule has 0 aliphatic carbocycles. The number of hydrogen-bond acceptors (Lipinski definition) is 4. The molecule has 0 unspecified atom stereocenters. The molecule has 0 radical (unpaired) electrons. The van der Waals surface area contributed by atoms with E-state index in [0.717, 1.165) is 38.9 Å². The predicted molar refractivity (Wildman–Crippen MR) is 230 cm³/mol. The lowest BCUT2D eigenvalue weighted by Gasteiger charge is -2.05. The molecule has 4 N–H and O–H groups in total. The van der Waals surface area contributed by atoms with Crippen molar-refractivity contribution in [2.75, 3.05) is 0 Å². The topological polar surface area (TPSA) is 131 Å². The van der Waals surface area contributed by atoms with E-state index >= 15 is 0 Å². The Labute approximate surface area is 342 Å². The molecule has 10 rings (SSSR count). The highest BCUT2D eigenvalue weighted by molar-refractivity contribution is 6.33. The van der Waals surface area contributed by atoms with Crippen LogP contribution in [0.2, 0.25) is 10.0 Å². The number of fused-ring (bicyclic) bond motifs is 2. The summed E-state index contributed by atoms with van der Waals surface area (Å²) in [6, 6.07) is 50.0. The van der Waals surface area contributed by atoms with Gasteiger partial charge in [-0.05, 0) is 57.6 Å². The first-order valence-electron chi connectivity index (χ1n) is 18.2. The minimum Gasteiger partial charge on any atom is -0.494 e. The van der Waals surface area contributed by atoms with Crippen molar-refractivity contribution in [1.82, 2.24) is 9.97 Å². The number of aromatic amines is 2. The highest BCUT2D eigenvalue weighted by Gasteiger charge is 2.34. The molecule has 0 bridgehead atoms. The van der Waals surface area contributed by atoms with Crippen molar-refractivity contribution >= 4 is 46.4 Å². The van der Waals surface area contributed by atoms with Crippen LogP contribution in [0, 0.1) is 0 Å². The van der Waals surface area contributed by atoms with Crippen LogP contribution in [0.3, 0.4) is 0 Å². The molecule has 0 saturated heterocycles. The van der Waals surface area contributed by atoms with Gasteiger partial charge in [0.15, 0.2) is 11.8 Å². The Morgan fingerprint density at radius 2 is 0.655 bits per heavy atom. The first-order valence-corrected chi connectivity index (χ1v) is 19.0. The molecule has 8 nitrogen and oxygen atoms in total. The first-order chi connectivity index (χ1) is 28.2. The summed E-state index contributed by atoms with van der Waals surface area (Å²) in [6.45, 7) is 0. The zero-order valence-electron chi connectivity index (χ0n) is 30.4. The molecule has 6 aromatic carbocycles. The molecule has 0 spiro atoms. The van der Waals surface area contributed by atoms with Crippen LogP contribution in [0.5, 0.6) is 11.8 Å². The Hall–Kier alpha value is -7.26. The highest BCUT2D eigenvalue weighted by atomic mass is 35.5. The number of benzene rings is 6. The molecular weight excluding hydrogens is 767 g/mol. The highest BCUT2D eigenvalue weighted by Crippen LogP contribution is 2.40. The lowest BCUT2D eigenvalue weighted by atomic mass is 9.97. The van der Waals surface area contributed by atoms with Gasteiger partial charge in [-0.25, -0.2) is 9.98 Å². The molecular formula is C48H30Cl2N4O4. The van der Waals surface area contributed by atoms with E-state index in [-0.39, 0.29) is 17.7 Å². The summed E-state index contributed by atoms with van der Waals surface area (Å²) in [5.41, 5.74) is 11.1. The van der Waals surface area contributed by atoms with Crippen molar-refractivity contribution in [1.29, 1.82) is 0 Å². The second-order valence-electron chi connectivity index (χ2n) is 13.6. The number of hydrogen-bond donors (Lipinski definition) is 4. The van der Waals surface area contributed by atoms with Crippen molar-refractivity contribution in [2.45, 2.75) is 0 Å². The third-order valence-corrected chi connectivity index (χ3v) is 10.6. The average molecular weight is 798 g/mol. The van der Waals surface area contributed by atoms with Crippen molar-refractivity contribution in [3.8, 4) is 56.5 Å². The third-order valence-electron chi connectivity index (χ3n) is 10.1. The van der Waals surface area contributed by atoms with Crippen LogP contribution < -0.4 is 0 Å². The quantitative estimate of drug-likeness (QED) is 0.133. The smallest absolute Gasteiger partial charge is 0.280 e. The fourth-order valence-electron chi connectivity index (χ4n) is 7.28. The molecule has 0 fully saturated rings. The molecule has 10 heteroatoms. The Morgan fingerprint density at radius 1 is 0.362 bits per heavy atom. The van der Waals surface area contributed by atoms with Gasteiger partial charge in [0.2, 0.25) is 0 Å². The summed E-state index contributed by atoms with van der Waals surface area (Å²) < 4.78 is 0. The van der Waals surface area contributed by atoms with Gasteiger partial charge in [0.25, 0.3) is 11.8 Å². The maximum Gasteiger partial charge on any atom is 0.280 e. The van der Waals surface area contributed by atoms with Crippen molar-refractivity contribution < 1.29 is 19.8 Å². The fourth-order valence-corrected chi connectivity index (χ4v) is 7.53. The second kappa shape index (κ2) is 15.0. The number of aromatic hydroxyl groups is 2. The second-order valence-corrected chi connectivity index (χ2v) is 14.5. The number of aromatic nitrogens is 2. The van der Waals surface area contributed by atoms with E-state index in [0.29, 0.717) is 60.7 Å². The number of carbonyl (C=O) groups excluding carboxylic acids is 2. The van der Waals surface area contributed by atoms with Gasteiger partial charge >= 0.3 is 0 Å². The Morgan fingerprint density at radius 3 is 1.03 bits per heavy atom. The van der Waals surface area contributed by atoms with Crippen molar-refractivity contribution in [3.05, 3.63) is 201 Å². The SMILES string of the molecule is O=C1N=C(c2ccc(-c3ccccc3)cc2)c2c(O)[nH]c(-c3ccc(-c4ccccc4)cc3)c21.O=C1N=C(c2ccc(Cl)cc2)c2c(O)[nH]c(-c3ccc(Cl)cc3)c21. The standard InChI is InChI=1S/C30H20N2O2.C18H10Cl2N2O2/c33-29-25-26(28(32-29)24-17-13-22(14-18-24)20-9-5-2-6-10-20)30(34)31-27(25)23-15-11-21(12-16-23)19-7-3-1-4-8-19;19-11-5-1-9(2-6-11)15-13-14(18(24)21-15)16(22-17(13)23)10-3-7-12(20)8-4-10/h1-18,31,34H;1-8,21,24H. The fraction of sp³-hybridized carbons (Fsp3) is 0. The molecule has 2 aliphatic heterocycles. The lowest BCUT2D eigenvalue weighted by molar-refractivity contribution is 0.0998. The van der Waals surface area contributed by atoms with E-state index in [9.17, 15) is 19.8 Å². The molecule has 0 atom stereocenters. The van der Waals surface area contributed by atoms with Gasteiger partial charge < -0.3 is 20.2 Å². The zero-order chi connectivity index (χ0) is 39.9. The number of carbonyl (C=O) groups is 2. The minimum absolute atomic E-state index is 0.0473. The summed E-state index contributed by atoms with van der Waals surface area (Å²) >= 11 is 11.8. The van der Waals surface area contributed by atoms with Crippen LogP contribution >= 0.6 is 23.2 Å². The number of rotatable bonds is 6. The molecule has 8 aromatic rings. The van der Waals surface area contributed by atoms with Crippen LogP contribution in [-0.2, 0) is 0 Å². The maximum absolute atomic E-state index is 12.9. The van der Waals surface area contributed by atoms with E-state index in [1.165, 1.54) is 0 Å². The number of nitrogens with one attached hydrogen (secondary N) is 2. The Bertz CT molecular complexity index is 2920. The predicted octanol–water partition coefficient (Wildman–Crippen LogP) is 11.4. The summed E-state index contributed by atoms with van der Waals surface area (Å²) in [4.78, 5) is 39.6.